The topological polar surface area (TPSA) is 40.7 Å². The van der Waals surface area contributed by atoms with E-state index in [0.717, 1.165) is 37.7 Å². The summed E-state index contributed by atoms with van der Waals surface area (Å²) in [6.07, 6.45) is -2.51. The van der Waals surface area contributed by atoms with Crippen molar-refractivity contribution in [1.82, 2.24) is 15.5 Å². The van der Waals surface area contributed by atoms with E-state index in [4.69, 9.17) is 0 Å². The Morgan fingerprint density at radius 3 is 2.58 bits per heavy atom. The number of benzene rings is 1. The highest BCUT2D eigenvalue weighted by atomic mass is 19.4. The van der Waals surface area contributed by atoms with E-state index in [0.29, 0.717) is 5.39 Å². The molecule has 1 aliphatic rings. The lowest BCUT2D eigenvalue weighted by Crippen LogP contribution is -2.26. The van der Waals surface area contributed by atoms with Crippen LogP contribution in [-0.2, 0) is 6.18 Å². The number of H-pyrrole nitrogens is 1. The van der Waals surface area contributed by atoms with Gasteiger partial charge in [0, 0.05) is 17.0 Å². The van der Waals surface area contributed by atoms with Gasteiger partial charge in [0.1, 0.15) is 5.52 Å². The minimum atomic E-state index is -4.36. The normalized spacial score (nSPS) is 18.1. The van der Waals surface area contributed by atoms with E-state index in [1.807, 2.05) is 0 Å². The number of nitrogens with zero attached hydrogens (tertiary/aromatic N) is 1. The second kappa shape index (κ2) is 4.52. The zero-order valence-electron chi connectivity index (χ0n) is 10.2. The van der Waals surface area contributed by atoms with Crippen LogP contribution in [0.5, 0.6) is 0 Å². The molecule has 0 spiro atoms. The summed E-state index contributed by atoms with van der Waals surface area (Å²) in [5.41, 5.74) is 0.201. The smallest absolute Gasteiger partial charge is 0.317 e. The third-order valence-electron chi connectivity index (χ3n) is 3.67. The van der Waals surface area contributed by atoms with Crippen LogP contribution in [0.1, 0.15) is 30.0 Å². The van der Waals surface area contributed by atoms with Gasteiger partial charge in [-0.1, -0.05) is 12.1 Å². The fraction of sp³-hybridized carbons (Fsp3) is 0.462. The van der Waals surface area contributed by atoms with Gasteiger partial charge in [0.25, 0.3) is 0 Å². The zero-order chi connectivity index (χ0) is 13.5. The predicted octanol–water partition coefficient (Wildman–Crippen LogP) is 3.05. The first-order valence-corrected chi connectivity index (χ1v) is 6.32. The molecule has 3 rings (SSSR count). The Labute approximate surface area is 108 Å². The van der Waals surface area contributed by atoms with Crippen molar-refractivity contribution >= 4 is 10.9 Å². The van der Waals surface area contributed by atoms with Crippen LogP contribution in [0, 0.1) is 0 Å². The molecule has 0 unspecified atom stereocenters. The molecule has 1 aliphatic heterocycles. The first-order chi connectivity index (χ1) is 9.07. The largest absolute Gasteiger partial charge is 0.418 e. The van der Waals surface area contributed by atoms with Crippen LogP contribution in [-0.4, -0.2) is 23.3 Å². The number of para-hydroxylation sites is 1. The monoisotopic (exact) mass is 269 g/mol. The first-order valence-electron chi connectivity index (χ1n) is 6.32. The van der Waals surface area contributed by atoms with Crippen LogP contribution in [0.4, 0.5) is 13.2 Å². The Morgan fingerprint density at radius 2 is 1.89 bits per heavy atom. The fourth-order valence-electron chi connectivity index (χ4n) is 2.71. The van der Waals surface area contributed by atoms with Crippen LogP contribution in [0.25, 0.3) is 10.9 Å². The predicted molar refractivity (Wildman–Crippen MR) is 65.9 cm³/mol. The van der Waals surface area contributed by atoms with Crippen molar-refractivity contribution in [3.8, 4) is 0 Å². The summed E-state index contributed by atoms with van der Waals surface area (Å²) in [4.78, 5) is 0. The zero-order valence-corrected chi connectivity index (χ0v) is 10.2. The molecule has 1 aromatic carbocycles. The summed E-state index contributed by atoms with van der Waals surface area (Å²) in [5, 5.41) is 10.6. The van der Waals surface area contributed by atoms with Crippen LogP contribution in [0.3, 0.4) is 0 Å². The molecule has 0 amide bonds. The molecule has 1 fully saturated rings. The number of nitrogens with one attached hydrogen (secondary N) is 2. The van der Waals surface area contributed by atoms with Crippen molar-refractivity contribution in [3.63, 3.8) is 0 Å². The van der Waals surface area contributed by atoms with Gasteiger partial charge in [-0.15, -0.1) is 0 Å². The standard InChI is InChI=1S/C13H14F3N3/c14-13(15,16)10-3-1-2-9-11(18-19-12(9)10)8-4-6-17-7-5-8/h1-3,8,17H,4-7H2,(H,18,19). The number of hydrogen-bond donors (Lipinski definition) is 2. The molecule has 3 nitrogen and oxygen atoms in total. The van der Waals surface area contributed by atoms with Gasteiger partial charge in [0.2, 0.25) is 0 Å². The number of aromatic amines is 1. The van der Waals surface area contributed by atoms with E-state index in [2.05, 4.69) is 15.5 Å². The quantitative estimate of drug-likeness (QED) is 0.835. The molecule has 1 saturated heterocycles. The molecule has 6 heteroatoms. The molecule has 0 bridgehead atoms. The summed E-state index contributed by atoms with van der Waals surface area (Å²) in [7, 11) is 0. The van der Waals surface area contributed by atoms with Crippen LogP contribution in [0.15, 0.2) is 18.2 Å². The number of hydrogen-bond acceptors (Lipinski definition) is 2. The Kier molecular flexibility index (Phi) is 2.97. The highest BCUT2D eigenvalue weighted by Crippen LogP contribution is 2.37. The van der Waals surface area contributed by atoms with Crippen molar-refractivity contribution < 1.29 is 13.2 Å². The molecule has 102 valence electrons. The van der Waals surface area contributed by atoms with Gasteiger partial charge in [-0.25, -0.2) is 0 Å². The average molecular weight is 269 g/mol. The van der Waals surface area contributed by atoms with Crippen LogP contribution < -0.4 is 5.32 Å². The SMILES string of the molecule is FC(F)(F)c1cccc2c(C3CCNCC3)[nH]nc12. The Hall–Kier alpha value is -1.56. The molecular formula is C13H14F3N3. The minimum Gasteiger partial charge on any atom is -0.317 e. The van der Waals surface area contributed by atoms with Crippen LogP contribution in [0.2, 0.25) is 0 Å². The summed E-state index contributed by atoms with van der Waals surface area (Å²) in [5.74, 6) is 0.259. The maximum atomic E-state index is 12.9. The van der Waals surface area contributed by atoms with Gasteiger partial charge in [-0.05, 0) is 32.0 Å². The van der Waals surface area contributed by atoms with E-state index in [1.165, 1.54) is 6.07 Å². The Bertz CT molecular complexity index is 582. The van der Waals surface area contributed by atoms with Crippen molar-refractivity contribution in [2.24, 2.45) is 0 Å². The molecule has 0 radical (unpaired) electrons. The molecule has 0 atom stereocenters. The number of fused-ring (bicyclic) bond motifs is 1. The third-order valence-corrected chi connectivity index (χ3v) is 3.67. The maximum Gasteiger partial charge on any atom is 0.418 e. The van der Waals surface area contributed by atoms with E-state index < -0.39 is 11.7 Å². The van der Waals surface area contributed by atoms with Gasteiger partial charge in [-0.3, -0.25) is 5.10 Å². The van der Waals surface area contributed by atoms with E-state index >= 15 is 0 Å². The average Bonchev–Trinajstić information content (AvgIpc) is 2.82. The fourth-order valence-corrected chi connectivity index (χ4v) is 2.71. The molecule has 0 aliphatic carbocycles. The van der Waals surface area contributed by atoms with Gasteiger partial charge in [0.05, 0.1) is 5.56 Å². The summed E-state index contributed by atoms with van der Waals surface area (Å²) in [6.45, 7) is 1.79. The molecule has 1 aromatic heterocycles. The molecule has 19 heavy (non-hydrogen) atoms. The first kappa shape index (κ1) is 12.5. The second-order valence-electron chi connectivity index (χ2n) is 4.86. The maximum absolute atomic E-state index is 12.9. The summed E-state index contributed by atoms with van der Waals surface area (Å²) >= 11 is 0. The number of rotatable bonds is 1. The summed E-state index contributed by atoms with van der Waals surface area (Å²) in [6, 6.07) is 4.24. The second-order valence-corrected chi connectivity index (χ2v) is 4.86. The number of aromatic nitrogens is 2. The third kappa shape index (κ3) is 2.20. The van der Waals surface area contributed by atoms with E-state index in [9.17, 15) is 13.2 Å². The van der Waals surface area contributed by atoms with Crippen molar-refractivity contribution in [2.45, 2.75) is 24.9 Å². The highest BCUT2D eigenvalue weighted by Gasteiger charge is 2.34. The number of piperidine rings is 1. The molecule has 0 saturated carbocycles. The van der Waals surface area contributed by atoms with Gasteiger partial charge < -0.3 is 5.32 Å². The lowest BCUT2D eigenvalue weighted by Gasteiger charge is -2.21. The Morgan fingerprint density at radius 1 is 1.16 bits per heavy atom. The van der Waals surface area contributed by atoms with Gasteiger partial charge >= 0.3 is 6.18 Å². The Balaban J connectivity index is 2.08. The molecule has 2 heterocycles. The lowest BCUT2D eigenvalue weighted by molar-refractivity contribution is -0.136. The lowest BCUT2D eigenvalue weighted by atomic mass is 9.92. The van der Waals surface area contributed by atoms with Crippen molar-refractivity contribution in [1.29, 1.82) is 0 Å². The highest BCUT2D eigenvalue weighted by molar-refractivity contribution is 5.85. The summed E-state index contributed by atoms with van der Waals surface area (Å²) < 4.78 is 38.7. The van der Waals surface area contributed by atoms with E-state index in [1.54, 1.807) is 6.07 Å². The van der Waals surface area contributed by atoms with E-state index in [-0.39, 0.29) is 11.4 Å². The minimum absolute atomic E-state index is 0.0310. The number of alkyl halides is 3. The molecule has 2 N–H and O–H groups in total. The van der Waals surface area contributed by atoms with Gasteiger partial charge in [0.15, 0.2) is 0 Å². The van der Waals surface area contributed by atoms with Crippen LogP contribution >= 0.6 is 0 Å². The number of halogens is 3. The van der Waals surface area contributed by atoms with Crippen molar-refractivity contribution in [2.75, 3.05) is 13.1 Å². The molecule has 2 aromatic rings. The van der Waals surface area contributed by atoms with Gasteiger partial charge in [-0.2, -0.15) is 18.3 Å². The van der Waals surface area contributed by atoms with Crippen molar-refractivity contribution in [3.05, 3.63) is 29.5 Å². The molecular weight excluding hydrogens is 255 g/mol.